The fourth-order valence-electron chi connectivity index (χ4n) is 2.48. The average molecular weight is 452 g/mol. The van der Waals surface area contributed by atoms with E-state index in [1.165, 1.54) is 5.56 Å². The van der Waals surface area contributed by atoms with E-state index in [0.29, 0.717) is 6.04 Å². The molecule has 0 amide bonds. The van der Waals surface area contributed by atoms with Gasteiger partial charge >= 0.3 is 0 Å². The molecular formula is C20H29IN4. The average Bonchev–Trinajstić information content (AvgIpc) is 2.62. The van der Waals surface area contributed by atoms with Crippen molar-refractivity contribution < 1.29 is 0 Å². The summed E-state index contributed by atoms with van der Waals surface area (Å²) in [4.78, 5) is 8.99. The van der Waals surface area contributed by atoms with E-state index in [1.54, 1.807) is 0 Å². The van der Waals surface area contributed by atoms with Crippen LogP contribution in [0.2, 0.25) is 0 Å². The van der Waals surface area contributed by atoms with Crippen LogP contribution in [-0.4, -0.2) is 30.1 Å². The molecule has 0 radical (unpaired) electrons. The van der Waals surface area contributed by atoms with Crippen LogP contribution in [0.3, 0.4) is 0 Å². The Bertz CT molecular complexity index is 602. The Morgan fingerprint density at radius 3 is 2.52 bits per heavy atom. The molecule has 2 rings (SSSR count). The predicted octanol–water partition coefficient (Wildman–Crippen LogP) is 3.82. The van der Waals surface area contributed by atoms with E-state index in [9.17, 15) is 0 Å². The molecule has 0 saturated heterocycles. The Labute approximate surface area is 168 Å². The first-order valence-corrected chi connectivity index (χ1v) is 8.76. The second-order valence-electron chi connectivity index (χ2n) is 5.90. The Kier molecular flexibility index (Phi) is 10.9. The first-order valence-electron chi connectivity index (χ1n) is 8.76. The molecule has 0 bridgehead atoms. The minimum atomic E-state index is 0. The highest BCUT2D eigenvalue weighted by atomic mass is 127. The van der Waals surface area contributed by atoms with Gasteiger partial charge in [0.2, 0.25) is 0 Å². The van der Waals surface area contributed by atoms with Crippen LogP contribution in [0.5, 0.6) is 0 Å². The van der Waals surface area contributed by atoms with Gasteiger partial charge in [0.05, 0.1) is 0 Å². The third-order valence-electron chi connectivity index (χ3n) is 3.80. The van der Waals surface area contributed by atoms with Gasteiger partial charge < -0.3 is 10.6 Å². The monoisotopic (exact) mass is 452 g/mol. The van der Waals surface area contributed by atoms with Crippen LogP contribution in [0.15, 0.2) is 59.7 Å². The Hall–Kier alpha value is -1.63. The number of guanidine groups is 1. The Balaban J connectivity index is 0.00000312. The molecular weight excluding hydrogens is 423 g/mol. The van der Waals surface area contributed by atoms with E-state index in [1.807, 2.05) is 24.4 Å². The molecule has 1 aromatic heterocycles. The van der Waals surface area contributed by atoms with Crippen molar-refractivity contribution in [2.45, 2.75) is 39.2 Å². The van der Waals surface area contributed by atoms with Crippen molar-refractivity contribution in [1.82, 2.24) is 15.6 Å². The van der Waals surface area contributed by atoms with Crippen molar-refractivity contribution in [1.29, 1.82) is 0 Å². The summed E-state index contributed by atoms with van der Waals surface area (Å²) in [5.74, 6) is 0.883. The molecule has 1 heterocycles. The van der Waals surface area contributed by atoms with Crippen LogP contribution in [0.4, 0.5) is 0 Å². The number of aryl methyl sites for hydroxylation is 1. The van der Waals surface area contributed by atoms with Crippen molar-refractivity contribution >= 4 is 29.9 Å². The highest BCUT2D eigenvalue weighted by molar-refractivity contribution is 14.0. The number of nitrogens with one attached hydrogen (secondary N) is 2. The van der Waals surface area contributed by atoms with Crippen molar-refractivity contribution in [3.05, 3.63) is 66.0 Å². The van der Waals surface area contributed by atoms with Crippen LogP contribution < -0.4 is 10.6 Å². The number of benzene rings is 1. The SMILES string of the molecule is CCNC(=NCCc1ccccn1)NC(C)CCc1ccccc1.I. The summed E-state index contributed by atoms with van der Waals surface area (Å²) < 4.78 is 0. The molecule has 5 heteroatoms. The summed E-state index contributed by atoms with van der Waals surface area (Å²) in [7, 11) is 0. The molecule has 1 unspecified atom stereocenters. The normalized spacial score (nSPS) is 12.2. The third kappa shape index (κ3) is 8.86. The third-order valence-corrected chi connectivity index (χ3v) is 3.80. The number of halogens is 1. The van der Waals surface area contributed by atoms with Gasteiger partial charge in [0.25, 0.3) is 0 Å². The molecule has 2 N–H and O–H groups in total. The van der Waals surface area contributed by atoms with Gasteiger partial charge in [-0.05, 0) is 44.4 Å². The molecule has 0 spiro atoms. The number of hydrogen-bond acceptors (Lipinski definition) is 2. The highest BCUT2D eigenvalue weighted by Crippen LogP contribution is 2.04. The Morgan fingerprint density at radius 1 is 1.08 bits per heavy atom. The highest BCUT2D eigenvalue weighted by Gasteiger charge is 2.05. The zero-order valence-electron chi connectivity index (χ0n) is 15.1. The first kappa shape index (κ1) is 21.4. The van der Waals surface area contributed by atoms with E-state index in [-0.39, 0.29) is 24.0 Å². The van der Waals surface area contributed by atoms with E-state index >= 15 is 0 Å². The molecule has 0 aliphatic carbocycles. The lowest BCUT2D eigenvalue weighted by molar-refractivity contribution is 0.593. The predicted molar refractivity (Wildman–Crippen MR) is 117 cm³/mol. The molecule has 0 saturated carbocycles. The topological polar surface area (TPSA) is 49.3 Å². The van der Waals surface area contributed by atoms with Gasteiger partial charge in [-0.15, -0.1) is 24.0 Å². The van der Waals surface area contributed by atoms with Crippen molar-refractivity contribution in [3.63, 3.8) is 0 Å². The summed E-state index contributed by atoms with van der Waals surface area (Å²) in [6.07, 6.45) is 4.83. The number of aromatic nitrogens is 1. The number of rotatable bonds is 8. The van der Waals surface area contributed by atoms with Crippen molar-refractivity contribution in [2.75, 3.05) is 13.1 Å². The van der Waals surface area contributed by atoms with Crippen LogP contribution in [0, 0.1) is 0 Å². The second-order valence-corrected chi connectivity index (χ2v) is 5.90. The zero-order valence-corrected chi connectivity index (χ0v) is 17.4. The largest absolute Gasteiger partial charge is 0.357 e. The smallest absolute Gasteiger partial charge is 0.191 e. The van der Waals surface area contributed by atoms with Crippen LogP contribution in [0.1, 0.15) is 31.5 Å². The van der Waals surface area contributed by atoms with E-state index in [2.05, 4.69) is 64.8 Å². The molecule has 4 nitrogen and oxygen atoms in total. The lowest BCUT2D eigenvalue weighted by Gasteiger charge is -2.18. The van der Waals surface area contributed by atoms with Gasteiger partial charge in [-0.2, -0.15) is 0 Å². The van der Waals surface area contributed by atoms with Crippen molar-refractivity contribution in [2.24, 2.45) is 4.99 Å². The summed E-state index contributed by atoms with van der Waals surface area (Å²) >= 11 is 0. The van der Waals surface area contributed by atoms with Gasteiger partial charge in [-0.3, -0.25) is 9.98 Å². The van der Waals surface area contributed by atoms with Crippen LogP contribution in [-0.2, 0) is 12.8 Å². The van der Waals surface area contributed by atoms with Crippen molar-refractivity contribution in [3.8, 4) is 0 Å². The van der Waals surface area contributed by atoms with Gasteiger partial charge in [-0.25, -0.2) is 0 Å². The molecule has 0 aliphatic heterocycles. The lowest BCUT2D eigenvalue weighted by Crippen LogP contribution is -2.42. The van der Waals surface area contributed by atoms with E-state index < -0.39 is 0 Å². The molecule has 25 heavy (non-hydrogen) atoms. The van der Waals surface area contributed by atoms with Gasteiger partial charge in [0, 0.05) is 37.4 Å². The maximum Gasteiger partial charge on any atom is 0.191 e. The molecule has 1 atom stereocenters. The molecule has 0 aliphatic rings. The Morgan fingerprint density at radius 2 is 1.84 bits per heavy atom. The summed E-state index contributed by atoms with van der Waals surface area (Å²) in [5.41, 5.74) is 2.46. The van der Waals surface area contributed by atoms with E-state index in [4.69, 9.17) is 0 Å². The lowest BCUT2D eigenvalue weighted by atomic mass is 10.1. The molecule has 0 fully saturated rings. The number of nitrogens with zero attached hydrogens (tertiary/aromatic N) is 2. The fraction of sp³-hybridized carbons (Fsp3) is 0.400. The quantitative estimate of drug-likeness (QED) is 0.364. The van der Waals surface area contributed by atoms with Crippen LogP contribution in [0.25, 0.3) is 0 Å². The number of aliphatic imine (C=N–C) groups is 1. The minimum absolute atomic E-state index is 0. The fourth-order valence-corrected chi connectivity index (χ4v) is 2.48. The minimum Gasteiger partial charge on any atom is -0.357 e. The van der Waals surface area contributed by atoms with Gasteiger partial charge in [-0.1, -0.05) is 36.4 Å². The molecule has 2 aromatic rings. The van der Waals surface area contributed by atoms with Crippen LogP contribution >= 0.6 is 24.0 Å². The van der Waals surface area contributed by atoms with Gasteiger partial charge in [0.15, 0.2) is 5.96 Å². The van der Waals surface area contributed by atoms with Gasteiger partial charge in [0.1, 0.15) is 0 Å². The molecule has 136 valence electrons. The summed E-state index contributed by atoms with van der Waals surface area (Å²) in [6.45, 7) is 5.89. The maximum atomic E-state index is 4.66. The zero-order chi connectivity index (χ0) is 17.0. The first-order chi connectivity index (χ1) is 11.8. The summed E-state index contributed by atoms with van der Waals surface area (Å²) in [6, 6.07) is 17.0. The summed E-state index contributed by atoms with van der Waals surface area (Å²) in [5, 5.41) is 6.81. The standard InChI is InChI=1S/C20H28N4.HI/c1-3-21-20(23-16-14-19-11-7-8-15-22-19)24-17(2)12-13-18-9-5-4-6-10-18;/h4-11,15,17H,3,12-14,16H2,1-2H3,(H2,21,23,24);1H. The number of pyridine rings is 1. The van der Waals surface area contributed by atoms with E-state index in [0.717, 1.165) is 44.0 Å². The number of hydrogen-bond donors (Lipinski definition) is 2. The maximum absolute atomic E-state index is 4.66. The molecule has 1 aromatic carbocycles. The second kappa shape index (κ2) is 12.7.